The van der Waals surface area contributed by atoms with E-state index >= 15 is 0 Å². The average molecular weight is 341 g/mol. The van der Waals surface area contributed by atoms with Crippen LogP contribution in [-0.2, 0) is 14.3 Å². The number of hydrogen-bond donors (Lipinski definition) is 0. The van der Waals surface area contributed by atoms with Crippen molar-refractivity contribution < 1.29 is 14.3 Å². The van der Waals surface area contributed by atoms with Gasteiger partial charge in [0, 0.05) is 18.3 Å². The fourth-order valence-electron chi connectivity index (χ4n) is 2.52. The standard InChI is InChI=1S/C18H32O3Si.CH4/c1-17(2,16-12-13-20-18(3,4)21-16)15(19)11-9-8-10-14-22(5,6)7;/h16H,8-9,11-13H2,1-7H3;1H4/t16-;/m0./s1. The van der Waals surface area contributed by atoms with Gasteiger partial charge >= 0.3 is 0 Å². The molecule has 0 unspecified atom stereocenters. The molecule has 0 N–H and O–H groups in total. The first kappa shape index (κ1) is 22.4. The Bertz CT molecular complexity index is 449. The zero-order chi connectivity index (χ0) is 17.0. The maximum atomic E-state index is 12.6. The quantitative estimate of drug-likeness (QED) is 0.409. The van der Waals surface area contributed by atoms with Gasteiger partial charge in [-0.2, -0.15) is 0 Å². The summed E-state index contributed by atoms with van der Waals surface area (Å²) in [6, 6.07) is 0. The fourth-order valence-corrected chi connectivity index (χ4v) is 3.18. The van der Waals surface area contributed by atoms with E-state index in [0.717, 1.165) is 19.3 Å². The van der Waals surface area contributed by atoms with Crippen LogP contribution in [0.1, 0.15) is 60.8 Å². The van der Waals surface area contributed by atoms with E-state index < -0.39 is 19.3 Å². The summed E-state index contributed by atoms with van der Waals surface area (Å²) >= 11 is 0. The number of hydrogen-bond acceptors (Lipinski definition) is 3. The van der Waals surface area contributed by atoms with Crippen molar-refractivity contribution in [2.24, 2.45) is 5.41 Å². The molecule has 1 heterocycles. The van der Waals surface area contributed by atoms with Crippen LogP contribution < -0.4 is 0 Å². The molecule has 0 radical (unpaired) electrons. The van der Waals surface area contributed by atoms with Gasteiger partial charge in [-0.1, -0.05) is 40.9 Å². The molecule has 0 amide bonds. The minimum absolute atomic E-state index is 0. The third kappa shape index (κ3) is 7.65. The van der Waals surface area contributed by atoms with E-state index in [0.29, 0.717) is 13.0 Å². The summed E-state index contributed by atoms with van der Waals surface area (Å²) in [5.74, 6) is 2.91. The lowest BCUT2D eigenvalue weighted by atomic mass is 9.78. The molecule has 0 bridgehead atoms. The first-order valence-electron chi connectivity index (χ1n) is 8.29. The highest BCUT2D eigenvalue weighted by Gasteiger charge is 2.42. The zero-order valence-electron chi connectivity index (χ0n) is 15.3. The van der Waals surface area contributed by atoms with Crippen LogP contribution in [0, 0.1) is 16.9 Å². The summed E-state index contributed by atoms with van der Waals surface area (Å²) in [5, 5.41) is 0. The van der Waals surface area contributed by atoms with Crippen LogP contribution in [-0.4, -0.2) is 32.4 Å². The van der Waals surface area contributed by atoms with Crippen LogP contribution in [0.3, 0.4) is 0 Å². The molecule has 0 aliphatic carbocycles. The Morgan fingerprint density at radius 1 is 1.30 bits per heavy atom. The highest BCUT2D eigenvalue weighted by molar-refractivity contribution is 6.83. The van der Waals surface area contributed by atoms with Gasteiger partial charge in [0.05, 0.1) is 12.7 Å². The van der Waals surface area contributed by atoms with E-state index in [1.165, 1.54) is 0 Å². The summed E-state index contributed by atoms with van der Waals surface area (Å²) in [6.07, 6.45) is 2.93. The molecule has 0 saturated carbocycles. The number of carbonyl (C=O) groups is 1. The second-order valence-electron chi connectivity index (χ2n) is 8.19. The average Bonchev–Trinajstić information content (AvgIpc) is 2.35. The SMILES string of the molecule is C.CC1(C)OCC[C@@H](C(C)(C)C(=O)CCCC#C[Si](C)(C)C)O1. The summed E-state index contributed by atoms with van der Waals surface area (Å²) in [6.45, 7) is 15.2. The van der Waals surface area contributed by atoms with Crippen molar-refractivity contribution in [1.29, 1.82) is 0 Å². The van der Waals surface area contributed by atoms with Gasteiger partial charge in [-0.25, -0.2) is 0 Å². The van der Waals surface area contributed by atoms with Crippen molar-refractivity contribution in [3.05, 3.63) is 0 Å². The Balaban J connectivity index is 0.00000484. The molecule has 1 rings (SSSR count). The predicted molar refractivity (Wildman–Crippen MR) is 100 cm³/mol. The van der Waals surface area contributed by atoms with E-state index in [4.69, 9.17) is 9.47 Å². The molecule has 0 spiro atoms. The fraction of sp³-hybridized carbons (Fsp3) is 0.842. The van der Waals surface area contributed by atoms with Crippen molar-refractivity contribution in [3.63, 3.8) is 0 Å². The molecule has 1 fully saturated rings. The minimum atomic E-state index is -1.29. The van der Waals surface area contributed by atoms with Gasteiger partial charge in [0.1, 0.15) is 13.9 Å². The summed E-state index contributed by atoms with van der Waals surface area (Å²) < 4.78 is 11.5. The van der Waals surface area contributed by atoms with Crippen LogP contribution in [0.4, 0.5) is 0 Å². The monoisotopic (exact) mass is 340 g/mol. The van der Waals surface area contributed by atoms with E-state index in [1.807, 2.05) is 27.7 Å². The molecule has 0 aromatic carbocycles. The number of ether oxygens (including phenoxy) is 2. The molecular formula is C19H36O3Si. The topological polar surface area (TPSA) is 35.5 Å². The summed E-state index contributed by atoms with van der Waals surface area (Å²) in [7, 11) is -1.29. The molecule has 1 aliphatic rings. The molecule has 4 heteroatoms. The smallest absolute Gasteiger partial charge is 0.163 e. The third-order valence-corrected chi connectivity index (χ3v) is 4.88. The highest BCUT2D eigenvalue weighted by atomic mass is 28.3. The number of rotatable bonds is 5. The van der Waals surface area contributed by atoms with Crippen LogP contribution in [0.25, 0.3) is 0 Å². The molecule has 1 aliphatic heterocycles. The van der Waals surface area contributed by atoms with Gasteiger partial charge in [-0.15, -0.1) is 11.5 Å². The lowest BCUT2D eigenvalue weighted by Gasteiger charge is -2.42. The normalized spacial score (nSPS) is 20.9. The number of unbranched alkanes of at least 4 members (excludes halogenated alkanes) is 1. The van der Waals surface area contributed by atoms with Crippen LogP contribution in [0.5, 0.6) is 0 Å². The van der Waals surface area contributed by atoms with E-state index in [1.54, 1.807) is 0 Å². The lowest BCUT2D eigenvalue weighted by Crippen LogP contribution is -2.49. The van der Waals surface area contributed by atoms with Crippen molar-refractivity contribution in [3.8, 4) is 11.5 Å². The molecule has 1 atom stereocenters. The van der Waals surface area contributed by atoms with Gasteiger partial charge in [0.15, 0.2) is 5.79 Å². The number of Topliss-reactive ketones (excluding diaryl/α,β-unsaturated/α-hetero) is 1. The molecular weight excluding hydrogens is 304 g/mol. The zero-order valence-corrected chi connectivity index (χ0v) is 16.3. The van der Waals surface area contributed by atoms with Crippen LogP contribution in [0.15, 0.2) is 0 Å². The van der Waals surface area contributed by atoms with E-state index in [2.05, 4.69) is 31.1 Å². The first-order chi connectivity index (χ1) is 9.94. The Morgan fingerprint density at radius 2 is 1.91 bits per heavy atom. The number of ketones is 1. The summed E-state index contributed by atoms with van der Waals surface area (Å²) in [5.41, 5.74) is 2.88. The van der Waals surface area contributed by atoms with Crippen molar-refractivity contribution in [2.45, 2.75) is 92.3 Å². The minimum Gasteiger partial charge on any atom is -0.350 e. The largest absolute Gasteiger partial charge is 0.350 e. The van der Waals surface area contributed by atoms with Crippen LogP contribution >= 0.6 is 0 Å². The van der Waals surface area contributed by atoms with Gasteiger partial charge in [-0.05, 0) is 26.7 Å². The summed E-state index contributed by atoms with van der Waals surface area (Å²) in [4.78, 5) is 12.6. The van der Waals surface area contributed by atoms with E-state index in [9.17, 15) is 4.79 Å². The van der Waals surface area contributed by atoms with Crippen molar-refractivity contribution in [2.75, 3.05) is 6.61 Å². The van der Waals surface area contributed by atoms with Gasteiger partial charge < -0.3 is 9.47 Å². The Kier molecular flexibility index (Phi) is 8.23. The lowest BCUT2D eigenvalue weighted by molar-refractivity contribution is -0.288. The Morgan fingerprint density at radius 3 is 2.43 bits per heavy atom. The molecule has 0 aromatic heterocycles. The maximum Gasteiger partial charge on any atom is 0.163 e. The molecule has 1 saturated heterocycles. The first-order valence-corrected chi connectivity index (χ1v) is 11.8. The second kappa shape index (κ2) is 8.46. The highest BCUT2D eigenvalue weighted by Crippen LogP contribution is 2.35. The van der Waals surface area contributed by atoms with E-state index in [-0.39, 0.29) is 19.3 Å². The molecule has 23 heavy (non-hydrogen) atoms. The molecule has 134 valence electrons. The maximum absolute atomic E-state index is 12.6. The van der Waals surface area contributed by atoms with Gasteiger partial charge in [-0.3, -0.25) is 4.79 Å². The number of carbonyl (C=O) groups excluding carboxylic acids is 1. The van der Waals surface area contributed by atoms with Crippen molar-refractivity contribution in [1.82, 2.24) is 0 Å². The molecule has 3 nitrogen and oxygen atoms in total. The third-order valence-electron chi connectivity index (χ3n) is 3.95. The van der Waals surface area contributed by atoms with Crippen molar-refractivity contribution >= 4 is 13.9 Å². The second-order valence-corrected chi connectivity index (χ2v) is 12.9. The van der Waals surface area contributed by atoms with Gasteiger partial charge in [0.25, 0.3) is 0 Å². The van der Waals surface area contributed by atoms with Gasteiger partial charge in [0.2, 0.25) is 0 Å². The predicted octanol–water partition coefficient (Wildman–Crippen LogP) is 4.81. The Hall–Kier alpha value is -0.633. The molecule has 0 aromatic rings. The van der Waals surface area contributed by atoms with Crippen LogP contribution in [0.2, 0.25) is 19.6 Å². The Labute approximate surface area is 144 Å².